The van der Waals surface area contributed by atoms with Gasteiger partial charge in [-0.15, -0.1) is 0 Å². The van der Waals surface area contributed by atoms with Gasteiger partial charge in [0.1, 0.15) is 5.78 Å². The van der Waals surface area contributed by atoms with Crippen molar-refractivity contribution >= 4 is 5.78 Å². The summed E-state index contributed by atoms with van der Waals surface area (Å²) in [5.41, 5.74) is 0. The Morgan fingerprint density at radius 3 is 2.38 bits per heavy atom. The maximum absolute atomic E-state index is 10.7. The summed E-state index contributed by atoms with van der Waals surface area (Å²) in [5, 5.41) is 0. The second-order valence-corrected chi connectivity index (χ2v) is 4.29. The lowest BCUT2D eigenvalue weighted by Crippen LogP contribution is -2.22. The third kappa shape index (κ3) is 9.54. The van der Waals surface area contributed by atoms with Gasteiger partial charge in [-0.25, -0.2) is 0 Å². The van der Waals surface area contributed by atoms with Crippen molar-refractivity contribution in [3.05, 3.63) is 0 Å². The molecule has 2 nitrogen and oxygen atoms in total. The van der Waals surface area contributed by atoms with E-state index in [9.17, 15) is 4.79 Å². The van der Waals surface area contributed by atoms with Gasteiger partial charge in [-0.3, -0.25) is 0 Å². The monoisotopic (exact) mass is 185 g/mol. The van der Waals surface area contributed by atoms with Gasteiger partial charge in [-0.1, -0.05) is 13.8 Å². The van der Waals surface area contributed by atoms with Gasteiger partial charge in [0.15, 0.2) is 0 Å². The van der Waals surface area contributed by atoms with Crippen molar-refractivity contribution in [1.29, 1.82) is 0 Å². The van der Waals surface area contributed by atoms with Gasteiger partial charge in [-0.05, 0) is 45.8 Å². The fourth-order valence-electron chi connectivity index (χ4n) is 1.19. The fourth-order valence-corrected chi connectivity index (χ4v) is 1.19. The van der Waals surface area contributed by atoms with Crippen molar-refractivity contribution in [2.75, 3.05) is 20.1 Å². The highest BCUT2D eigenvalue weighted by Crippen LogP contribution is 2.01. The molecule has 0 aromatic carbocycles. The smallest absolute Gasteiger partial charge is 0.129 e. The Kier molecular flexibility index (Phi) is 6.87. The molecule has 0 amide bonds. The summed E-state index contributed by atoms with van der Waals surface area (Å²) in [6, 6.07) is 0. The SMILES string of the molecule is CC(=O)CCCN(C)CCC(C)C. The number of nitrogens with zero attached hydrogens (tertiary/aromatic N) is 1. The largest absolute Gasteiger partial charge is 0.306 e. The van der Waals surface area contributed by atoms with E-state index >= 15 is 0 Å². The summed E-state index contributed by atoms with van der Waals surface area (Å²) in [6.07, 6.45) is 2.98. The first-order valence-corrected chi connectivity index (χ1v) is 5.20. The van der Waals surface area contributed by atoms with Gasteiger partial charge in [-0.2, -0.15) is 0 Å². The summed E-state index contributed by atoms with van der Waals surface area (Å²) >= 11 is 0. The van der Waals surface area contributed by atoms with Crippen molar-refractivity contribution in [2.24, 2.45) is 5.92 Å². The highest BCUT2D eigenvalue weighted by Gasteiger charge is 2.01. The molecule has 0 aliphatic rings. The summed E-state index contributed by atoms with van der Waals surface area (Å²) in [7, 11) is 2.13. The van der Waals surface area contributed by atoms with E-state index in [0.717, 1.165) is 31.8 Å². The first-order chi connectivity index (χ1) is 6.02. The molecule has 0 aliphatic heterocycles. The highest BCUT2D eigenvalue weighted by molar-refractivity contribution is 5.75. The van der Waals surface area contributed by atoms with Crippen LogP contribution in [-0.4, -0.2) is 30.8 Å². The quantitative estimate of drug-likeness (QED) is 0.606. The summed E-state index contributed by atoms with van der Waals surface area (Å²) in [5.74, 6) is 1.08. The van der Waals surface area contributed by atoms with E-state index < -0.39 is 0 Å². The molecule has 0 fully saturated rings. The van der Waals surface area contributed by atoms with E-state index in [-0.39, 0.29) is 0 Å². The lowest BCUT2D eigenvalue weighted by Gasteiger charge is -2.17. The molecule has 0 unspecified atom stereocenters. The molecule has 0 bridgehead atoms. The topological polar surface area (TPSA) is 20.3 Å². The molecule has 0 saturated heterocycles. The summed E-state index contributed by atoms with van der Waals surface area (Å²) in [6.45, 7) is 8.34. The van der Waals surface area contributed by atoms with Crippen LogP contribution in [0.5, 0.6) is 0 Å². The standard InChI is InChI=1S/C11H23NO/c1-10(2)7-9-12(4)8-5-6-11(3)13/h10H,5-9H2,1-4H3. The Hall–Kier alpha value is -0.370. The van der Waals surface area contributed by atoms with Crippen molar-refractivity contribution in [2.45, 2.75) is 40.0 Å². The molecular weight excluding hydrogens is 162 g/mol. The summed E-state index contributed by atoms with van der Waals surface area (Å²) < 4.78 is 0. The van der Waals surface area contributed by atoms with Crippen LogP contribution in [0.15, 0.2) is 0 Å². The average Bonchev–Trinajstić information content (AvgIpc) is 2.00. The first kappa shape index (κ1) is 12.6. The minimum absolute atomic E-state index is 0.303. The number of carbonyl (C=O) groups is 1. The van der Waals surface area contributed by atoms with Crippen molar-refractivity contribution in [3.63, 3.8) is 0 Å². The van der Waals surface area contributed by atoms with Crippen LogP contribution in [0.25, 0.3) is 0 Å². The van der Waals surface area contributed by atoms with E-state index in [1.807, 2.05) is 0 Å². The minimum Gasteiger partial charge on any atom is -0.306 e. The molecular formula is C11H23NO. The Bertz CT molecular complexity index is 143. The maximum atomic E-state index is 10.7. The Labute approximate surface area is 82.3 Å². The van der Waals surface area contributed by atoms with E-state index in [2.05, 4.69) is 25.8 Å². The number of hydrogen-bond acceptors (Lipinski definition) is 2. The minimum atomic E-state index is 0.303. The van der Waals surface area contributed by atoms with Gasteiger partial charge in [0.05, 0.1) is 0 Å². The molecule has 0 rings (SSSR count). The fraction of sp³-hybridized carbons (Fsp3) is 0.909. The third-order valence-corrected chi connectivity index (χ3v) is 2.16. The van der Waals surface area contributed by atoms with Crippen LogP contribution in [0.4, 0.5) is 0 Å². The Morgan fingerprint density at radius 1 is 1.31 bits per heavy atom. The second kappa shape index (κ2) is 7.07. The van der Waals surface area contributed by atoms with Crippen LogP contribution < -0.4 is 0 Å². The van der Waals surface area contributed by atoms with Crippen LogP contribution in [-0.2, 0) is 4.79 Å². The van der Waals surface area contributed by atoms with Crippen LogP contribution in [0.2, 0.25) is 0 Å². The maximum Gasteiger partial charge on any atom is 0.129 e. The number of hydrogen-bond donors (Lipinski definition) is 0. The lowest BCUT2D eigenvalue weighted by molar-refractivity contribution is -0.117. The number of carbonyl (C=O) groups excluding carboxylic acids is 1. The zero-order valence-corrected chi connectivity index (χ0v) is 9.47. The predicted molar refractivity (Wildman–Crippen MR) is 56.9 cm³/mol. The number of ketones is 1. The van der Waals surface area contributed by atoms with Crippen LogP contribution >= 0.6 is 0 Å². The molecule has 0 atom stereocenters. The molecule has 0 spiro atoms. The zero-order chi connectivity index (χ0) is 10.3. The van der Waals surface area contributed by atoms with E-state index in [1.54, 1.807) is 6.92 Å². The molecule has 2 heteroatoms. The first-order valence-electron chi connectivity index (χ1n) is 5.20. The van der Waals surface area contributed by atoms with Crippen molar-refractivity contribution in [3.8, 4) is 0 Å². The zero-order valence-electron chi connectivity index (χ0n) is 9.47. The molecule has 13 heavy (non-hydrogen) atoms. The van der Waals surface area contributed by atoms with Crippen molar-refractivity contribution in [1.82, 2.24) is 4.90 Å². The number of rotatable bonds is 7. The van der Waals surface area contributed by atoms with Gasteiger partial charge in [0, 0.05) is 6.42 Å². The second-order valence-electron chi connectivity index (χ2n) is 4.29. The van der Waals surface area contributed by atoms with Gasteiger partial charge in [0.2, 0.25) is 0 Å². The van der Waals surface area contributed by atoms with Crippen molar-refractivity contribution < 1.29 is 4.79 Å². The lowest BCUT2D eigenvalue weighted by atomic mass is 10.1. The molecule has 0 aromatic rings. The normalized spacial score (nSPS) is 11.2. The van der Waals surface area contributed by atoms with Crippen LogP contribution in [0.1, 0.15) is 40.0 Å². The molecule has 0 radical (unpaired) electrons. The Morgan fingerprint density at radius 2 is 1.92 bits per heavy atom. The average molecular weight is 185 g/mol. The molecule has 78 valence electrons. The molecule has 0 saturated carbocycles. The number of Topliss-reactive ketones (excluding diaryl/α,β-unsaturated/α-hetero) is 1. The van der Waals surface area contributed by atoms with Gasteiger partial charge in [0.25, 0.3) is 0 Å². The Balaban J connectivity index is 3.29. The van der Waals surface area contributed by atoms with Gasteiger partial charge >= 0.3 is 0 Å². The van der Waals surface area contributed by atoms with Crippen LogP contribution in [0, 0.1) is 5.92 Å². The molecule has 0 heterocycles. The molecule has 0 aromatic heterocycles. The third-order valence-electron chi connectivity index (χ3n) is 2.16. The van der Waals surface area contributed by atoms with Gasteiger partial charge < -0.3 is 9.69 Å². The molecule has 0 aliphatic carbocycles. The molecule has 0 N–H and O–H groups in total. The van der Waals surface area contributed by atoms with E-state index in [4.69, 9.17) is 0 Å². The van der Waals surface area contributed by atoms with Crippen LogP contribution in [0.3, 0.4) is 0 Å². The highest BCUT2D eigenvalue weighted by atomic mass is 16.1. The predicted octanol–water partition coefficient (Wildman–Crippen LogP) is 2.33. The summed E-state index contributed by atoms with van der Waals surface area (Å²) in [4.78, 5) is 13.0. The van der Waals surface area contributed by atoms with E-state index in [0.29, 0.717) is 5.78 Å². The van der Waals surface area contributed by atoms with E-state index in [1.165, 1.54) is 6.42 Å².